The summed E-state index contributed by atoms with van der Waals surface area (Å²) in [5.74, 6) is -0.501. The van der Waals surface area contributed by atoms with Crippen LogP contribution < -0.4 is 5.32 Å². The molecular weight excluding hydrogens is 261 g/mol. The predicted molar refractivity (Wildman–Crippen MR) is 72.9 cm³/mol. The third kappa shape index (κ3) is 4.28. The van der Waals surface area contributed by atoms with Gasteiger partial charge in [0.05, 0.1) is 6.10 Å². The van der Waals surface area contributed by atoms with Gasteiger partial charge in [-0.15, -0.1) is 0 Å². The van der Waals surface area contributed by atoms with Gasteiger partial charge in [-0.2, -0.15) is 0 Å². The van der Waals surface area contributed by atoms with E-state index in [0.717, 1.165) is 12.8 Å². The zero-order chi connectivity index (χ0) is 14.4. The first-order valence-corrected chi connectivity index (χ1v) is 6.96. The summed E-state index contributed by atoms with van der Waals surface area (Å²) >= 11 is 0. The van der Waals surface area contributed by atoms with E-state index in [1.54, 1.807) is 6.07 Å². The summed E-state index contributed by atoms with van der Waals surface area (Å²) in [6.45, 7) is 1.77. The summed E-state index contributed by atoms with van der Waals surface area (Å²) < 4.78 is 18.2. The number of carbonyl (C=O) groups excluding carboxylic acids is 1. The van der Waals surface area contributed by atoms with Gasteiger partial charge >= 0.3 is 0 Å². The molecular formula is C15H20FNO3. The summed E-state index contributed by atoms with van der Waals surface area (Å²) in [5.41, 5.74) is 0.297. The van der Waals surface area contributed by atoms with Gasteiger partial charge < -0.3 is 15.2 Å². The second-order valence-corrected chi connectivity index (χ2v) is 5.07. The number of halogens is 1. The molecule has 0 saturated carbocycles. The van der Waals surface area contributed by atoms with Crippen molar-refractivity contribution in [2.45, 2.75) is 25.4 Å². The summed E-state index contributed by atoms with van der Waals surface area (Å²) in [7, 11) is 0. The molecule has 0 bridgehead atoms. The summed E-state index contributed by atoms with van der Waals surface area (Å²) in [4.78, 5) is 11.8. The Kier molecular flexibility index (Phi) is 5.49. The molecule has 1 saturated heterocycles. The minimum Gasteiger partial charge on any atom is -0.393 e. The molecule has 5 heteroatoms. The number of aliphatic hydroxyl groups is 1. The van der Waals surface area contributed by atoms with Gasteiger partial charge in [0, 0.05) is 25.3 Å². The van der Waals surface area contributed by atoms with E-state index in [1.807, 2.05) is 0 Å². The van der Waals surface area contributed by atoms with Crippen LogP contribution in [0.2, 0.25) is 0 Å². The largest absolute Gasteiger partial charge is 0.393 e. The number of rotatable bonds is 5. The maximum absolute atomic E-state index is 13.0. The lowest BCUT2D eigenvalue weighted by molar-refractivity contribution is 0.00528. The van der Waals surface area contributed by atoms with Gasteiger partial charge in [0.15, 0.2) is 0 Å². The highest BCUT2D eigenvalue weighted by atomic mass is 19.1. The molecule has 1 aromatic carbocycles. The molecule has 4 nitrogen and oxygen atoms in total. The molecule has 20 heavy (non-hydrogen) atoms. The number of benzene rings is 1. The zero-order valence-corrected chi connectivity index (χ0v) is 11.3. The Morgan fingerprint density at radius 2 is 2.20 bits per heavy atom. The Bertz CT molecular complexity index is 446. The van der Waals surface area contributed by atoms with Crippen LogP contribution in [-0.2, 0) is 4.74 Å². The highest BCUT2D eigenvalue weighted by Crippen LogP contribution is 2.20. The number of amides is 1. The molecule has 1 aliphatic rings. The lowest BCUT2D eigenvalue weighted by atomic mass is 9.92. The quantitative estimate of drug-likeness (QED) is 0.864. The van der Waals surface area contributed by atoms with Crippen molar-refractivity contribution >= 4 is 5.91 Å². The molecule has 0 aliphatic carbocycles. The third-order valence-electron chi connectivity index (χ3n) is 3.62. The fourth-order valence-corrected chi connectivity index (χ4v) is 2.40. The monoisotopic (exact) mass is 281 g/mol. The molecule has 0 spiro atoms. The van der Waals surface area contributed by atoms with Gasteiger partial charge in [-0.05, 0) is 43.4 Å². The number of carbonyl (C=O) groups is 1. The Balaban J connectivity index is 1.73. The van der Waals surface area contributed by atoms with E-state index in [4.69, 9.17) is 4.74 Å². The normalized spacial score (nSPS) is 17.7. The van der Waals surface area contributed by atoms with Crippen LogP contribution in [0, 0.1) is 11.7 Å². The van der Waals surface area contributed by atoms with Crippen LogP contribution in [0.4, 0.5) is 4.39 Å². The Labute approximate surface area is 117 Å². The van der Waals surface area contributed by atoms with Crippen molar-refractivity contribution in [3.63, 3.8) is 0 Å². The number of hydrogen-bond acceptors (Lipinski definition) is 3. The highest BCUT2D eigenvalue weighted by Gasteiger charge is 2.21. The van der Waals surface area contributed by atoms with Gasteiger partial charge in [-0.25, -0.2) is 4.39 Å². The van der Waals surface area contributed by atoms with E-state index in [-0.39, 0.29) is 11.8 Å². The lowest BCUT2D eigenvalue weighted by Gasteiger charge is -2.26. The second kappa shape index (κ2) is 7.36. The molecule has 0 unspecified atom stereocenters. The van der Waals surface area contributed by atoms with Crippen molar-refractivity contribution in [2.24, 2.45) is 5.92 Å². The molecule has 2 N–H and O–H groups in total. The Morgan fingerprint density at radius 1 is 1.45 bits per heavy atom. The standard InChI is InChI=1S/C15H20FNO3/c16-13-3-1-2-12(10-13)15(19)17-7-4-14(18)11-5-8-20-9-6-11/h1-3,10-11,14,18H,4-9H2,(H,17,19)/t14-/m0/s1. The van der Waals surface area contributed by atoms with Gasteiger partial charge in [-0.3, -0.25) is 4.79 Å². The van der Waals surface area contributed by atoms with E-state index < -0.39 is 11.9 Å². The molecule has 1 atom stereocenters. The maximum atomic E-state index is 13.0. The summed E-state index contributed by atoms with van der Waals surface area (Å²) in [6, 6.07) is 5.56. The SMILES string of the molecule is O=C(NCC[C@H](O)C1CCOCC1)c1cccc(F)c1. The summed E-state index contributed by atoms with van der Waals surface area (Å²) in [5, 5.41) is 12.7. The van der Waals surface area contributed by atoms with Crippen molar-refractivity contribution in [1.82, 2.24) is 5.32 Å². The maximum Gasteiger partial charge on any atom is 0.251 e. The van der Waals surface area contributed by atoms with E-state index in [1.165, 1.54) is 18.2 Å². The zero-order valence-electron chi connectivity index (χ0n) is 11.3. The van der Waals surface area contributed by atoms with Crippen LogP contribution in [0.25, 0.3) is 0 Å². The average molecular weight is 281 g/mol. The smallest absolute Gasteiger partial charge is 0.251 e. The van der Waals surface area contributed by atoms with Crippen LogP contribution >= 0.6 is 0 Å². The second-order valence-electron chi connectivity index (χ2n) is 5.07. The van der Waals surface area contributed by atoms with E-state index in [2.05, 4.69) is 5.32 Å². The van der Waals surface area contributed by atoms with Crippen LogP contribution in [0.15, 0.2) is 24.3 Å². The molecule has 1 fully saturated rings. The van der Waals surface area contributed by atoms with E-state index >= 15 is 0 Å². The molecule has 0 aromatic heterocycles. The number of hydrogen-bond donors (Lipinski definition) is 2. The van der Waals surface area contributed by atoms with Crippen molar-refractivity contribution < 1.29 is 19.0 Å². The molecule has 1 heterocycles. The summed E-state index contributed by atoms with van der Waals surface area (Å²) in [6.07, 6.45) is 1.80. The highest BCUT2D eigenvalue weighted by molar-refractivity contribution is 5.94. The van der Waals surface area contributed by atoms with Crippen LogP contribution in [-0.4, -0.2) is 36.9 Å². The number of nitrogens with one attached hydrogen (secondary N) is 1. The predicted octanol–water partition coefficient (Wildman–Crippen LogP) is 1.73. The minimum absolute atomic E-state index is 0.245. The fraction of sp³-hybridized carbons (Fsp3) is 0.533. The minimum atomic E-state index is -0.431. The molecule has 2 rings (SSSR count). The Morgan fingerprint density at radius 3 is 2.90 bits per heavy atom. The Hall–Kier alpha value is -1.46. The van der Waals surface area contributed by atoms with Crippen molar-refractivity contribution in [3.8, 4) is 0 Å². The fourth-order valence-electron chi connectivity index (χ4n) is 2.40. The first-order valence-electron chi connectivity index (χ1n) is 6.96. The van der Waals surface area contributed by atoms with Crippen molar-refractivity contribution in [1.29, 1.82) is 0 Å². The number of aliphatic hydroxyl groups excluding tert-OH is 1. The lowest BCUT2D eigenvalue weighted by Crippen LogP contribution is -2.32. The van der Waals surface area contributed by atoms with Crippen LogP contribution in [0.5, 0.6) is 0 Å². The first kappa shape index (κ1) is 14.9. The third-order valence-corrected chi connectivity index (χ3v) is 3.62. The topological polar surface area (TPSA) is 58.6 Å². The van der Waals surface area contributed by atoms with Crippen molar-refractivity contribution in [2.75, 3.05) is 19.8 Å². The van der Waals surface area contributed by atoms with Gasteiger partial charge in [0.25, 0.3) is 5.91 Å². The molecule has 1 aromatic rings. The molecule has 0 radical (unpaired) electrons. The number of ether oxygens (including phenoxy) is 1. The van der Waals surface area contributed by atoms with E-state index in [9.17, 15) is 14.3 Å². The van der Waals surface area contributed by atoms with Gasteiger partial charge in [0.2, 0.25) is 0 Å². The molecule has 1 amide bonds. The van der Waals surface area contributed by atoms with Crippen LogP contribution in [0.1, 0.15) is 29.6 Å². The molecule has 110 valence electrons. The average Bonchev–Trinajstić information content (AvgIpc) is 2.48. The first-order chi connectivity index (χ1) is 9.66. The molecule has 1 aliphatic heterocycles. The van der Waals surface area contributed by atoms with Gasteiger partial charge in [0.1, 0.15) is 5.82 Å². The van der Waals surface area contributed by atoms with Crippen LogP contribution in [0.3, 0.4) is 0 Å². The van der Waals surface area contributed by atoms with Gasteiger partial charge in [-0.1, -0.05) is 6.07 Å². The van der Waals surface area contributed by atoms with E-state index in [0.29, 0.717) is 31.7 Å². The van der Waals surface area contributed by atoms with Crippen molar-refractivity contribution in [3.05, 3.63) is 35.6 Å².